The predicted octanol–water partition coefficient (Wildman–Crippen LogP) is -5.81. The molecule has 0 heterocycles. The van der Waals surface area contributed by atoms with Crippen LogP contribution in [0.4, 0.5) is 0 Å². The Morgan fingerprint density at radius 3 is 1.18 bits per heavy atom. The molecule has 0 aromatic heterocycles. The average molecular weight is 311 g/mol. The maximum absolute atomic E-state index is 9.38. The SMILES string of the molecule is [H-].[K+].[Mn+2].[O]=[Cr](=[O])([O-])[O][Cr](=[O])(=[O])[O-]. The van der Waals surface area contributed by atoms with Gasteiger partial charge in [0.15, 0.2) is 0 Å². The second-order valence-electron chi connectivity index (χ2n) is 0.885. The molecule has 1 radical (unpaired) electrons. The fourth-order valence-corrected chi connectivity index (χ4v) is 1.74. The first-order valence-corrected chi connectivity index (χ1v) is 5.50. The summed E-state index contributed by atoms with van der Waals surface area (Å²) in [5.41, 5.74) is 0. The number of hydrogen-bond donors (Lipinski definition) is 0. The Labute approximate surface area is 121 Å². The van der Waals surface area contributed by atoms with Gasteiger partial charge in [-0.3, -0.25) is 0 Å². The Balaban J connectivity index is -0.000000107. The van der Waals surface area contributed by atoms with Gasteiger partial charge in [-0.1, -0.05) is 0 Å². The molecule has 0 aromatic carbocycles. The van der Waals surface area contributed by atoms with Gasteiger partial charge in [-0.25, -0.2) is 0 Å². The second kappa shape index (κ2) is 6.71. The van der Waals surface area contributed by atoms with Gasteiger partial charge in [0, 0.05) is 0 Å². The molecule has 0 aliphatic carbocycles. The Morgan fingerprint density at radius 1 is 1.00 bits per heavy atom. The zero-order chi connectivity index (χ0) is 7.71. The van der Waals surface area contributed by atoms with Crippen molar-refractivity contribution in [3.05, 3.63) is 0 Å². The van der Waals surface area contributed by atoms with Crippen LogP contribution < -0.4 is 59.7 Å². The molecule has 0 saturated carbocycles. The normalized spacial score (nSPS) is 11.1. The molecule has 7 nitrogen and oxygen atoms in total. The Kier molecular flexibility index (Phi) is 11.6. The van der Waals surface area contributed by atoms with E-state index in [0.717, 1.165) is 0 Å². The molecule has 0 aromatic rings. The van der Waals surface area contributed by atoms with Crippen LogP contribution in [0.2, 0.25) is 0 Å². The van der Waals surface area contributed by atoms with E-state index in [1.165, 1.54) is 0 Å². The number of rotatable bonds is 2. The van der Waals surface area contributed by atoms with Crippen molar-refractivity contribution in [3.8, 4) is 0 Å². The molecule has 11 heteroatoms. The van der Waals surface area contributed by atoms with Crippen molar-refractivity contribution >= 4 is 0 Å². The molecule has 0 fully saturated rings. The van der Waals surface area contributed by atoms with E-state index in [1.807, 2.05) is 0 Å². The van der Waals surface area contributed by atoms with Crippen molar-refractivity contribution < 1.29 is 123 Å². The number of hydrogen-bond acceptors (Lipinski definition) is 7. The average Bonchev–Trinajstić information content (AvgIpc) is 1.14. The van der Waals surface area contributed by atoms with E-state index in [1.54, 1.807) is 0 Å². The zero-order valence-corrected chi connectivity index (χ0v) is 11.9. The molecular formula is HCr2KMnO7. The van der Waals surface area contributed by atoms with E-state index >= 15 is 0 Å². The molecule has 0 N–H and O–H groups in total. The Bertz CT molecular complexity index is 247. The van der Waals surface area contributed by atoms with Crippen molar-refractivity contribution in [2.45, 2.75) is 0 Å². The maximum atomic E-state index is 9.38. The van der Waals surface area contributed by atoms with E-state index in [-0.39, 0.29) is 69.9 Å². The summed E-state index contributed by atoms with van der Waals surface area (Å²) >= 11 is -12.1. The molecule has 0 aliphatic rings. The minimum absolute atomic E-state index is 0. The summed E-state index contributed by atoms with van der Waals surface area (Å²) in [6.45, 7) is 0. The van der Waals surface area contributed by atoms with Gasteiger partial charge in [0.25, 0.3) is 0 Å². The molecule has 63 valence electrons. The van der Waals surface area contributed by atoms with Crippen molar-refractivity contribution in [2.24, 2.45) is 0 Å². The topological polar surface area (TPSA) is 124 Å². The fourth-order valence-electron chi connectivity index (χ4n) is 0.102. The van der Waals surface area contributed by atoms with Crippen LogP contribution >= 0.6 is 0 Å². The van der Waals surface area contributed by atoms with Gasteiger partial charge in [0.05, 0.1) is 0 Å². The predicted molar refractivity (Wildman–Crippen MR) is 4.94 cm³/mol. The van der Waals surface area contributed by atoms with Crippen LogP contribution in [0, 0.1) is 0 Å². The van der Waals surface area contributed by atoms with E-state index < -0.39 is 27.2 Å². The summed E-state index contributed by atoms with van der Waals surface area (Å²) in [5.74, 6) is 0. The van der Waals surface area contributed by atoms with Gasteiger partial charge in [0.2, 0.25) is 0 Å². The molecular weight excluding hydrogens is 310 g/mol. The molecule has 0 amide bonds. The van der Waals surface area contributed by atoms with Crippen LogP contribution in [-0.4, -0.2) is 0 Å². The summed E-state index contributed by atoms with van der Waals surface area (Å²) < 4.78 is 58.9. The zero-order valence-electron chi connectivity index (χ0n) is 6.05. The molecule has 0 unspecified atom stereocenters. The van der Waals surface area contributed by atoms with Gasteiger partial charge in [-0.05, 0) is 0 Å². The van der Waals surface area contributed by atoms with Crippen LogP contribution in [0.15, 0.2) is 0 Å². The standard InChI is InChI=1S/2Cr.K.Mn.7O.H/q;;+1;+2;;;;;;3*-1. The van der Waals surface area contributed by atoms with Crippen LogP contribution in [0.5, 0.6) is 0 Å². The van der Waals surface area contributed by atoms with Crippen LogP contribution in [-0.2, 0) is 62.3 Å². The van der Waals surface area contributed by atoms with E-state index in [2.05, 4.69) is 2.84 Å². The summed E-state index contributed by atoms with van der Waals surface area (Å²) in [6, 6.07) is 0. The van der Waals surface area contributed by atoms with E-state index in [9.17, 15) is 23.5 Å². The fraction of sp³-hybridized carbons (Fsp3) is 0. The summed E-state index contributed by atoms with van der Waals surface area (Å²) in [7, 11) is 0. The van der Waals surface area contributed by atoms with Gasteiger partial charge in [-0.2, -0.15) is 0 Å². The molecule has 0 spiro atoms. The second-order valence-corrected chi connectivity index (χ2v) is 4.52. The minimum atomic E-state index is -6.07. The summed E-state index contributed by atoms with van der Waals surface area (Å²) in [5, 5.41) is 0. The van der Waals surface area contributed by atoms with Crippen LogP contribution in [0.1, 0.15) is 1.43 Å². The van der Waals surface area contributed by atoms with Crippen LogP contribution in [0.3, 0.4) is 0 Å². The molecule has 0 bridgehead atoms. The van der Waals surface area contributed by atoms with Gasteiger partial charge >= 0.3 is 122 Å². The first-order chi connectivity index (χ1) is 3.71. The molecule has 0 atom stereocenters. The molecule has 0 aliphatic heterocycles. The van der Waals surface area contributed by atoms with E-state index in [0.29, 0.717) is 0 Å². The van der Waals surface area contributed by atoms with Crippen molar-refractivity contribution in [1.82, 2.24) is 0 Å². The summed E-state index contributed by atoms with van der Waals surface area (Å²) in [6.07, 6.45) is 0. The van der Waals surface area contributed by atoms with Crippen molar-refractivity contribution in [3.63, 3.8) is 0 Å². The quantitative estimate of drug-likeness (QED) is 0.465. The first-order valence-electron chi connectivity index (χ1n) is 1.33. The van der Waals surface area contributed by atoms with Gasteiger partial charge in [0.1, 0.15) is 0 Å². The van der Waals surface area contributed by atoms with Crippen molar-refractivity contribution in [2.75, 3.05) is 0 Å². The summed E-state index contributed by atoms with van der Waals surface area (Å²) in [4.78, 5) is 0. The Hall–Kier alpha value is 2.30. The molecule has 0 rings (SSSR count). The van der Waals surface area contributed by atoms with Crippen LogP contribution in [0.25, 0.3) is 0 Å². The van der Waals surface area contributed by atoms with E-state index in [4.69, 9.17) is 0 Å². The third-order valence-electron chi connectivity index (χ3n) is 0.167. The third kappa shape index (κ3) is 18.9. The molecule has 11 heavy (non-hydrogen) atoms. The Morgan fingerprint density at radius 2 is 1.18 bits per heavy atom. The third-order valence-corrected chi connectivity index (χ3v) is 2.83. The first kappa shape index (κ1) is 19.0. The van der Waals surface area contributed by atoms with Gasteiger partial charge < -0.3 is 1.43 Å². The van der Waals surface area contributed by atoms with Gasteiger partial charge in [-0.15, -0.1) is 0 Å². The monoisotopic (exact) mass is 311 g/mol. The molecule has 0 saturated heterocycles. The van der Waals surface area contributed by atoms with Crippen molar-refractivity contribution in [1.29, 1.82) is 0 Å².